The Morgan fingerprint density at radius 1 is 1.00 bits per heavy atom. The SMILES string of the molecule is Cc1cc(C(Br)c2ccc(F)c(Cl)c2)ccc1F. The van der Waals surface area contributed by atoms with E-state index in [2.05, 4.69) is 15.9 Å². The van der Waals surface area contributed by atoms with Crippen LogP contribution in [0.4, 0.5) is 8.78 Å². The van der Waals surface area contributed by atoms with Crippen LogP contribution in [0.2, 0.25) is 5.02 Å². The lowest BCUT2D eigenvalue weighted by Gasteiger charge is -2.12. The molecule has 1 unspecified atom stereocenters. The predicted molar refractivity (Wildman–Crippen MR) is 73.3 cm³/mol. The Morgan fingerprint density at radius 3 is 2.11 bits per heavy atom. The molecule has 0 nitrogen and oxygen atoms in total. The van der Waals surface area contributed by atoms with E-state index in [1.165, 1.54) is 12.1 Å². The maximum absolute atomic E-state index is 13.2. The minimum Gasteiger partial charge on any atom is -0.207 e. The Labute approximate surface area is 118 Å². The summed E-state index contributed by atoms with van der Waals surface area (Å²) in [5.41, 5.74) is 2.30. The van der Waals surface area contributed by atoms with Crippen molar-refractivity contribution < 1.29 is 8.78 Å². The fourth-order valence-corrected chi connectivity index (χ4v) is 2.45. The van der Waals surface area contributed by atoms with Crippen molar-refractivity contribution in [3.05, 3.63) is 69.7 Å². The van der Waals surface area contributed by atoms with Crippen LogP contribution >= 0.6 is 27.5 Å². The number of rotatable bonds is 2. The summed E-state index contributed by atoms with van der Waals surface area (Å²) in [7, 11) is 0. The molecular formula is C14H10BrClF2. The highest BCUT2D eigenvalue weighted by Crippen LogP contribution is 2.33. The molecule has 0 fully saturated rings. The molecule has 0 heterocycles. The van der Waals surface area contributed by atoms with Crippen LogP contribution in [0.25, 0.3) is 0 Å². The lowest BCUT2D eigenvalue weighted by molar-refractivity contribution is 0.617. The summed E-state index contributed by atoms with van der Waals surface area (Å²) in [5, 5.41) is 0.0794. The zero-order valence-electron chi connectivity index (χ0n) is 9.55. The number of alkyl halides is 1. The summed E-state index contributed by atoms with van der Waals surface area (Å²) in [6.45, 7) is 1.70. The molecule has 2 rings (SSSR count). The number of benzene rings is 2. The zero-order valence-corrected chi connectivity index (χ0v) is 11.9. The largest absolute Gasteiger partial charge is 0.207 e. The van der Waals surface area contributed by atoms with Gasteiger partial charge in [0.05, 0.1) is 9.85 Å². The summed E-state index contributed by atoms with van der Waals surface area (Å²) in [6, 6.07) is 9.41. The van der Waals surface area contributed by atoms with E-state index >= 15 is 0 Å². The molecule has 0 aromatic heterocycles. The third-order valence-corrected chi connectivity index (χ3v) is 4.06. The highest BCUT2D eigenvalue weighted by Gasteiger charge is 2.13. The Morgan fingerprint density at radius 2 is 1.56 bits per heavy atom. The van der Waals surface area contributed by atoms with Crippen LogP contribution in [-0.4, -0.2) is 0 Å². The molecule has 4 heteroatoms. The van der Waals surface area contributed by atoms with Gasteiger partial charge in [0.25, 0.3) is 0 Å². The highest BCUT2D eigenvalue weighted by molar-refractivity contribution is 9.09. The van der Waals surface area contributed by atoms with Crippen molar-refractivity contribution in [1.82, 2.24) is 0 Å². The lowest BCUT2D eigenvalue weighted by atomic mass is 10.0. The molecule has 1 atom stereocenters. The van der Waals surface area contributed by atoms with E-state index < -0.39 is 5.82 Å². The topological polar surface area (TPSA) is 0 Å². The quantitative estimate of drug-likeness (QED) is 0.645. The molecule has 2 aromatic rings. The standard InChI is InChI=1S/C14H10BrClF2/c1-8-6-9(2-4-12(8)17)14(15)10-3-5-13(18)11(16)7-10/h2-7,14H,1H3. The second-order valence-corrected chi connectivity index (χ2v) is 5.37. The van der Waals surface area contributed by atoms with Gasteiger partial charge in [0, 0.05) is 0 Å². The average Bonchev–Trinajstić information content (AvgIpc) is 2.35. The van der Waals surface area contributed by atoms with Crippen LogP contribution in [0.5, 0.6) is 0 Å². The van der Waals surface area contributed by atoms with Crippen molar-refractivity contribution in [3.8, 4) is 0 Å². The smallest absolute Gasteiger partial charge is 0.141 e. The Hall–Kier alpha value is -0.930. The van der Waals surface area contributed by atoms with E-state index in [1.54, 1.807) is 31.2 Å². The molecule has 0 aliphatic carbocycles. The fraction of sp³-hybridized carbons (Fsp3) is 0.143. The van der Waals surface area contributed by atoms with Gasteiger partial charge in [0.15, 0.2) is 0 Å². The predicted octanol–water partition coefficient (Wildman–Crippen LogP) is 5.41. The minimum atomic E-state index is -0.449. The number of hydrogen-bond acceptors (Lipinski definition) is 0. The second kappa shape index (κ2) is 5.37. The summed E-state index contributed by atoms with van der Waals surface area (Å²) in [4.78, 5) is -0.144. The Kier molecular flexibility index (Phi) is 4.03. The maximum Gasteiger partial charge on any atom is 0.141 e. The molecule has 0 saturated heterocycles. The number of aryl methyl sites for hydroxylation is 1. The van der Waals surface area contributed by atoms with Crippen LogP contribution < -0.4 is 0 Å². The van der Waals surface area contributed by atoms with Crippen molar-refractivity contribution in [2.45, 2.75) is 11.8 Å². The minimum absolute atomic E-state index is 0.0794. The first-order valence-electron chi connectivity index (χ1n) is 5.34. The molecule has 0 aliphatic rings. The van der Waals surface area contributed by atoms with Gasteiger partial charge in [0.1, 0.15) is 11.6 Å². The first-order valence-corrected chi connectivity index (χ1v) is 6.63. The second-order valence-electron chi connectivity index (χ2n) is 4.04. The van der Waals surface area contributed by atoms with Gasteiger partial charge in [-0.25, -0.2) is 8.78 Å². The summed E-state index contributed by atoms with van der Waals surface area (Å²) >= 11 is 9.25. The first-order chi connectivity index (χ1) is 8.49. The van der Waals surface area contributed by atoms with Crippen LogP contribution in [0.3, 0.4) is 0 Å². The van der Waals surface area contributed by atoms with Crippen molar-refractivity contribution in [2.75, 3.05) is 0 Å². The molecule has 0 bridgehead atoms. The molecule has 0 spiro atoms. The fourth-order valence-electron chi connectivity index (χ4n) is 1.69. The van der Waals surface area contributed by atoms with Gasteiger partial charge in [0.2, 0.25) is 0 Å². The molecule has 0 amide bonds. The van der Waals surface area contributed by atoms with Gasteiger partial charge in [-0.2, -0.15) is 0 Å². The van der Waals surface area contributed by atoms with E-state index in [0.717, 1.165) is 11.1 Å². The summed E-state index contributed by atoms with van der Waals surface area (Å²) < 4.78 is 26.3. The van der Waals surface area contributed by atoms with Gasteiger partial charge < -0.3 is 0 Å². The van der Waals surface area contributed by atoms with Crippen molar-refractivity contribution >= 4 is 27.5 Å². The molecule has 0 N–H and O–H groups in total. The van der Waals surface area contributed by atoms with Crippen LogP contribution in [0.1, 0.15) is 21.5 Å². The van der Waals surface area contributed by atoms with Crippen LogP contribution in [-0.2, 0) is 0 Å². The molecule has 0 aliphatic heterocycles. The molecule has 18 heavy (non-hydrogen) atoms. The monoisotopic (exact) mass is 330 g/mol. The molecule has 0 saturated carbocycles. The molecule has 0 radical (unpaired) electrons. The Balaban J connectivity index is 2.37. The van der Waals surface area contributed by atoms with Crippen molar-refractivity contribution in [1.29, 1.82) is 0 Å². The molecule has 94 valence electrons. The van der Waals surface area contributed by atoms with Gasteiger partial charge in [-0.3, -0.25) is 0 Å². The molecule has 2 aromatic carbocycles. The van der Waals surface area contributed by atoms with Gasteiger partial charge in [-0.05, 0) is 41.8 Å². The maximum atomic E-state index is 13.2. The highest BCUT2D eigenvalue weighted by atomic mass is 79.9. The summed E-state index contributed by atoms with van der Waals surface area (Å²) in [6.07, 6.45) is 0. The van der Waals surface area contributed by atoms with E-state index in [4.69, 9.17) is 11.6 Å². The van der Waals surface area contributed by atoms with Crippen molar-refractivity contribution in [2.24, 2.45) is 0 Å². The van der Waals surface area contributed by atoms with Gasteiger partial charge in [-0.1, -0.05) is 45.7 Å². The van der Waals surface area contributed by atoms with E-state index in [0.29, 0.717) is 5.56 Å². The van der Waals surface area contributed by atoms with Gasteiger partial charge >= 0.3 is 0 Å². The third-order valence-electron chi connectivity index (χ3n) is 2.71. The van der Waals surface area contributed by atoms with Crippen molar-refractivity contribution in [3.63, 3.8) is 0 Å². The van der Waals surface area contributed by atoms with Crippen LogP contribution in [0.15, 0.2) is 36.4 Å². The average molecular weight is 332 g/mol. The van der Waals surface area contributed by atoms with E-state index in [-0.39, 0.29) is 15.7 Å². The normalized spacial score (nSPS) is 12.5. The first kappa shape index (κ1) is 13.5. The number of halogens is 4. The van der Waals surface area contributed by atoms with E-state index in [1.807, 2.05) is 0 Å². The zero-order chi connectivity index (χ0) is 13.3. The number of hydrogen-bond donors (Lipinski definition) is 0. The van der Waals surface area contributed by atoms with Crippen LogP contribution in [0, 0.1) is 18.6 Å². The molecular weight excluding hydrogens is 322 g/mol. The summed E-state index contributed by atoms with van der Waals surface area (Å²) in [5.74, 6) is -0.689. The van der Waals surface area contributed by atoms with E-state index in [9.17, 15) is 8.78 Å². The Bertz CT molecular complexity index is 533. The lowest BCUT2D eigenvalue weighted by Crippen LogP contribution is -1.95. The third kappa shape index (κ3) is 2.73. The van der Waals surface area contributed by atoms with Gasteiger partial charge in [-0.15, -0.1) is 0 Å².